The molecule has 1 aromatic rings. The molecule has 19 heavy (non-hydrogen) atoms. The molecule has 1 rings (SSSR count). The van der Waals surface area contributed by atoms with Gasteiger partial charge < -0.3 is 0 Å². The first kappa shape index (κ1) is 15.1. The standard InChI is InChI=1S/C15H16ClN3/c1-4-7-8-9-11-13-17-14(19-15(16)18-13)12(6-3)10-5-2/h4-6,9-11H,1-3,7-8H2/b11-9+,12-10+. The van der Waals surface area contributed by atoms with E-state index >= 15 is 0 Å². The lowest BCUT2D eigenvalue weighted by Crippen LogP contribution is -1.99. The number of hydrogen-bond donors (Lipinski definition) is 0. The summed E-state index contributed by atoms with van der Waals surface area (Å²) in [5.74, 6) is 1.01. The fraction of sp³-hybridized carbons (Fsp3) is 0.133. The number of rotatable bonds is 7. The topological polar surface area (TPSA) is 38.7 Å². The van der Waals surface area contributed by atoms with Gasteiger partial charge in [-0.2, -0.15) is 9.97 Å². The Hall–Kier alpha value is -2.00. The van der Waals surface area contributed by atoms with E-state index in [1.165, 1.54) is 0 Å². The zero-order valence-corrected chi connectivity index (χ0v) is 11.5. The Labute approximate surface area is 118 Å². The molecule has 3 nitrogen and oxygen atoms in total. The predicted octanol–water partition coefficient (Wildman–Crippen LogP) is 4.26. The summed E-state index contributed by atoms with van der Waals surface area (Å²) >= 11 is 5.89. The maximum atomic E-state index is 5.89. The van der Waals surface area contributed by atoms with Crippen LogP contribution in [0.2, 0.25) is 5.28 Å². The lowest BCUT2D eigenvalue weighted by atomic mass is 10.2. The summed E-state index contributed by atoms with van der Waals surface area (Å²) in [6.07, 6.45) is 12.5. The summed E-state index contributed by atoms with van der Waals surface area (Å²) in [6, 6.07) is 0. The van der Waals surface area contributed by atoms with Crippen LogP contribution < -0.4 is 0 Å². The van der Waals surface area contributed by atoms with Gasteiger partial charge in [0.15, 0.2) is 11.6 Å². The Morgan fingerprint density at radius 2 is 1.89 bits per heavy atom. The first-order valence-electron chi connectivity index (χ1n) is 5.85. The Kier molecular flexibility index (Phi) is 6.47. The molecule has 0 atom stereocenters. The van der Waals surface area contributed by atoms with Crippen molar-refractivity contribution in [3.05, 3.63) is 67.0 Å². The van der Waals surface area contributed by atoms with Gasteiger partial charge in [-0.25, -0.2) is 4.98 Å². The van der Waals surface area contributed by atoms with Gasteiger partial charge in [0.25, 0.3) is 0 Å². The maximum absolute atomic E-state index is 5.89. The highest BCUT2D eigenvalue weighted by atomic mass is 35.5. The third-order valence-electron chi connectivity index (χ3n) is 2.21. The predicted molar refractivity (Wildman–Crippen MR) is 81.7 cm³/mol. The van der Waals surface area contributed by atoms with Crippen LogP contribution in [0.1, 0.15) is 24.5 Å². The smallest absolute Gasteiger partial charge is 0.209 e. The molecule has 0 N–H and O–H groups in total. The lowest BCUT2D eigenvalue weighted by molar-refractivity contribution is 0.995. The van der Waals surface area contributed by atoms with Crippen molar-refractivity contribution >= 4 is 23.3 Å². The van der Waals surface area contributed by atoms with Crippen LogP contribution in [0, 0.1) is 0 Å². The van der Waals surface area contributed by atoms with Crippen molar-refractivity contribution in [2.45, 2.75) is 12.8 Å². The van der Waals surface area contributed by atoms with Gasteiger partial charge in [0, 0.05) is 5.57 Å². The fourth-order valence-corrected chi connectivity index (χ4v) is 1.50. The number of halogens is 1. The number of nitrogens with zero attached hydrogens (tertiary/aromatic N) is 3. The Morgan fingerprint density at radius 1 is 1.11 bits per heavy atom. The zero-order chi connectivity index (χ0) is 14.1. The van der Waals surface area contributed by atoms with Crippen molar-refractivity contribution in [3.8, 4) is 0 Å². The summed E-state index contributed by atoms with van der Waals surface area (Å²) in [6.45, 7) is 11.0. The van der Waals surface area contributed by atoms with Crippen LogP contribution >= 0.6 is 11.6 Å². The molecule has 0 saturated carbocycles. The molecule has 0 amide bonds. The van der Waals surface area contributed by atoms with Crippen LogP contribution in [0.5, 0.6) is 0 Å². The van der Waals surface area contributed by atoms with E-state index in [0.717, 1.165) is 18.4 Å². The number of allylic oxidation sites excluding steroid dienone is 6. The first-order valence-corrected chi connectivity index (χ1v) is 6.23. The number of hydrogen-bond acceptors (Lipinski definition) is 3. The molecule has 98 valence electrons. The van der Waals surface area contributed by atoms with Gasteiger partial charge in [0.05, 0.1) is 0 Å². The minimum Gasteiger partial charge on any atom is -0.209 e. The van der Waals surface area contributed by atoms with Crippen LogP contribution in [0.4, 0.5) is 0 Å². The van der Waals surface area contributed by atoms with Crippen molar-refractivity contribution in [1.29, 1.82) is 0 Å². The van der Waals surface area contributed by atoms with E-state index in [0.29, 0.717) is 11.6 Å². The molecule has 0 aliphatic rings. The van der Waals surface area contributed by atoms with Gasteiger partial charge in [-0.15, -0.1) is 6.58 Å². The van der Waals surface area contributed by atoms with Crippen LogP contribution in [0.15, 0.2) is 50.1 Å². The average Bonchev–Trinajstić information content (AvgIpc) is 2.40. The van der Waals surface area contributed by atoms with E-state index in [1.807, 2.05) is 18.2 Å². The van der Waals surface area contributed by atoms with Gasteiger partial charge in [-0.3, -0.25) is 0 Å². The molecule has 0 aliphatic heterocycles. The molecular weight excluding hydrogens is 258 g/mol. The van der Waals surface area contributed by atoms with Gasteiger partial charge in [-0.05, 0) is 30.5 Å². The second kappa shape index (κ2) is 8.16. The summed E-state index contributed by atoms with van der Waals surface area (Å²) in [5, 5.41) is 0.158. The monoisotopic (exact) mass is 273 g/mol. The average molecular weight is 274 g/mol. The molecule has 0 saturated heterocycles. The van der Waals surface area contributed by atoms with Crippen molar-refractivity contribution in [1.82, 2.24) is 15.0 Å². The van der Waals surface area contributed by atoms with Crippen LogP contribution in [-0.4, -0.2) is 15.0 Å². The molecule has 0 aromatic carbocycles. The summed E-state index contributed by atoms with van der Waals surface area (Å²) in [7, 11) is 0. The fourth-order valence-electron chi connectivity index (χ4n) is 1.33. The molecule has 4 heteroatoms. The van der Waals surface area contributed by atoms with Gasteiger partial charge in [-0.1, -0.05) is 43.5 Å². The Balaban J connectivity index is 3.02. The van der Waals surface area contributed by atoms with Crippen molar-refractivity contribution in [2.75, 3.05) is 0 Å². The SMILES string of the molecule is C=C/C=C(\C=C)c1nc(Cl)nc(/C=C/CCC=C)n1. The highest BCUT2D eigenvalue weighted by molar-refractivity contribution is 6.28. The second-order valence-electron chi connectivity index (χ2n) is 3.62. The van der Waals surface area contributed by atoms with E-state index in [-0.39, 0.29) is 5.28 Å². The Bertz CT molecular complexity index is 530. The van der Waals surface area contributed by atoms with Crippen LogP contribution in [-0.2, 0) is 0 Å². The largest absolute Gasteiger partial charge is 0.226 e. The minimum absolute atomic E-state index is 0.158. The summed E-state index contributed by atoms with van der Waals surface area (Å²) in [5.41, 5.74) is 0.750. The van der Waals surface area contributed by atoms with Crippen LogP contribution in [0.3, 0.4) is 0 Å². The quantitative estimate of drug-likeness (QED) is 0.423. The molecule has 0 radical (unpaired) electrons. The molecule has 0 fully saturated rings. The molecule has 1 aromatic heterocycles. The third kappa shape index (κ3) is 5.02. The first-order chi connectivity index (χ1) is 9.21. The van der Waals surface area contributed by atoms with Gasteiger partial charge in [0.1, 0.15) is 0 Å². The van der Waals surface area contributed by atoms with E-state index in [1.54, 1.807) is 18.2 Å². The molecule has 0 aliphatic carbocycles. The molecule has 0 bridgehead atoms. The molecular formula is C15H16ClN3. The molecule has 0 spiro atoms. The summed E-state index contributed by atoms with van der Waals surface area (Å²) < 4.78 is 0. The Morgan fingerprint density at radius 3 is 2.53 bits per heavy atom. The highest BCUT2D eigenvalue weighted by Gasteiger charge is 2.05. The number of aromatic nitrogens is 3. The zero-order valence-electron chi connectivity index (χ0n) is 10.7. The van der Waals surface area contributed by atoms with Gasteiger partial charge in [0.2, 0.25) is 5.28 Å². The van der Waals surface area contributed by atoms with Gasteiger partial charge >= 0.3 is 0 Å². The van der Waals surface area contributed by atoms with E-state index in [4.69, 9.17) is 11.6 Å². The minimum atomic E-state index is 0.158. The maximum Gasteiger partial charge on any atom is 0.226 e. The molecule has 1 heterocycles. The van der Waals surface area contributed by atoms with Crippen molar-refractivity contribution < 1.29 is 0 Å². The second-order valence-corrected chi connectivity index (χ2v) is 3.95. The number of unbranched alkanes of at least 4 members (excludes halogenated alkanes) is 1. The lowest BCUT2D eigenvalue weighted by Gasteiger charge is -2.01. The summed E-state index contributed by atoms with van der Waals surface area (Å²) in [4.78, 5) is 12.4. The van der Waals surface area contributed by atoms with E-state index < -0.39 is 0 Å². The van der Waals surface area contributed by atoms with Crippen molar-refractivity contribution in [3.63, 3.8) is 0 Å². The van der Waals surface area contributed by atoms with Crippen LogP contribution in [0.25, 0.3) is 11.6 Å². The molecule has 0 unspecified atom stereocenters. The third-order valence-corrected chi connectivity index (χ3v) is 2.37. The van der Waals surface area contributed by atoms with E-state index in [2.05, 4.69) is 34.7 Å². The van der Waals surface area contributed by atoms with Crippen molar-refractivity contribution in [2.24, 2.45) is 0 Å². The normalized spacial score (nSPS) is 11.5. The van der Waals surface area contributed by atoms with E-state index in [9.17, 15) is 0 Å². The highest BCUT2D eigenvalue weighted by Crippen LogP contribution is 2.14.